The van der Waals surface area contributed by atoms with Crippen molar-refractivity contribution in [3.8, 4) is 22.8 Å². The molecule has 10 heteroatoms. The van der Waals surface area contributed by atoms with Crippen LogP contribution < -0.4 is 10.2 Å². The number of pyridine rings is 3. The van der Waals surface area contributed by atoms with E-state index < -0.39 is 0 Å². The van der Waals surface area contributed by atoms with Crippen LogP contribution in [0.25, 0.3) is 44.8 Å². The van der Waals surface area contributed by atoms with Crippen LogP contribution in [0.5, 0.6) is 0 Å². The predicted octanol–water partition coefficient (Wildman–Crippen LogP) is 4.44. The molecule has 188 valence electrons. The van der Waals surface area contributed by atoms with E-state index in [2.05, 4.69) is 60.8 Å². The van der Waals surface area contributed by atoms with Gasteiger partial charge >= 0.3 is 0 Å². The molecule has 0 saturated carbocycles. The van der Waals surface area contributed by atoms with Crippen LogP contribution in [0, 0.1) is 0 Å². The fraction of sp³-hybridized carbons (Fsp3) is 0.296. The smallest absolute Gasteiger partial charge is 0.161 e. The van der Waals surface area contributed by atoms with Crippen molar-refractivity contribution in [3.63, 3.8) is 0 Å². The third-order valence-corrected chi connectivity index (χ3v) is 6.76. The zero-order valence-electron chi connectivity index (χ0n) is 21.1. The van der Waals surface area contributed by atoms with Crippen molar-refractivity contribution in [1.29, 1.82) is 0 Å². The van der Waals surface area contributed by atoms with Crippen molar-refractivity contribution in [2.24, 2.45) is 0 Å². The van der Waals surface area contributed by atoms with E-state index >= 15 is 0 Å². The van der Waals surface area contributed by atoms with Gasteiger partial charge in [-0.15, -0.1) is 0 Å². The minimum atomic E-state index is 0.665. The molecule has 1 saturated heterocycles. The summed E-state index contributed by atoms with van der Waals surface area (Å²) < 4.78 is 0. The molecule has 6 rings (SSSR count). The van der Waals surface area contributed by atoms with Gasteiger partial charge in [0.25, 0.3) is 0 Å². The third-order valence-electron chi connectivity index (χ3n) is 6.76. The number of piperazine rings is 1. The Bertz CT molecular complexity index is 1570. The lowest BCUT2D eigenvalue weighted by molar-refractivity contribution is 0.313. The van der Waals surface area contributed by atoms with Crippen LogP contribution in [-0.2, 0) is 0 Å². The minimum Gasteiger partial charge on any atom is -0.366 e. The molecule has 0 spiro atoms. The summed E-state index contributed by atoms with van der Waals surface area (Å²) in [5.74, 6) is 0.665. The van der Waals surface area contributed by atoms with Crippen molar-refractivity contribution >= 4 is 33.4 Å². The summed E-state index contributed by atoms with van der Waals surface area (Å²) in [5.41, 5.74) is 8.68. The Morgan fingerprint density at radius 3 is 2.68 bits per heavy atom. The molecule has 0 aliphatic carbocycles. The Morgan fingerprint density at radius 1 is 1.00 bits per heavy atom. The van der Waals surface area contributed by atoms with Crippen molar-refractivity contribution in [3.05, 3.63) is 55.3 Å². The molecule has 37 heavy (non-hydrogen) atoms. The van der Waals surface area contributed by atoms with Crippen LogP contribution in [-0.4, -0.2) is 73.2 Å². The van der Waals surface area contributed by atoms with Gasteiger partial charge in [-0.2, -0.15) is 5.10 Å². The average molecular weight is 495 g/mol. The van der Waals surface area contributed by atoms with Gasteiger partial charge in [-0.25, -0.2) is 9.97 Å². The lowest BCUT2D eigenvalue weighted by Crippen LogP contribution is -2.44. The molecule has 10 nitrogen and oxygen atoms in total. The number of imidazole rings is 1. The highest BCUT2D eigenvalue weighted by Gasteiger charge is 2.21. The van der Waals surface area contributed by atoms with Crippen LogP contribution in [0.1, 0.15) is 19.8 Å². The first-order valence-electron chi connectivity index (χ1n) is 12.6. The second-order valence-corrected chi connectivity index (χ2v) is 9.54. The van der Waals surface area contributed by atoms with Gasteiger partial charge in [-0.3, -0.25) is 15.1 Å². The number of allylic oxidation sites excluding steroid dienone is 1. The van der Waals surface area contributed by atoms with Gasteiger partial charge < -0.3 is 20.1 Å². The van der Waals surface area contributed by atoms with Crippen molar-refractivity contribution in [1.82, 2.24) is 40.0 Å². The Hall–Kier alpha value is -4.31. The number of hydrogen-bond donors (Lipinski definition) is 3. The highest BCUT2D eigenvalue weighted by Crippen LogP contribution is 2.31. The molecule has 0 radical (unpaired) electrons. The third kappa shape index (κ3) is 4.51. The van der Waals surface area contributed by atoms with Gasteiger partial charge in [0, 0.05) is 43.6 Å². The maximum Gasteiger partial charge on any atom is 0.161 e. The van der Waals surface area contributed by atoms with Gasteiger partial charge in [0.1, 0.15) is 11.0 Å². The number of nitrogens with zero attached hydrogens (tertiary/aromatic N) is 7. The van der Waals surface area contributed by atoms with Crippen molar-refractivity contribution in [2.45, 2.75) is 19.8 Å². The molecule has 0 amide bonds. The second-order valence-electron chi connectivity index (χ2n) is 9.54. The van der Waals surface area contributed by atoms with Gasteiger partial charge in [0.2, 0.25) is 0 Å². The number of hydrogen-bond acceptors (Lipinski definition) is 8. The first-order chi connectivity index (χ1) is 18.1. The molecular formula is C27H30N10. The van der Waals surface area contributed by atoms with E-state index in [0.717, 1.165) is 89.4 Å². The topological polar surface area (TPSA) is 115 Å². The fourth-order valence-electron chi connectivity index (χ4n) is 4.75. The predicted molar refractivity (Wildman–Crippen MR) is 147 cm³/mol. The lowest BCUT2D eigenvalue weighted by Gasteiger charge is -2.33. The number of aromatic amines is 2. The molecular weight excluding hydrogens is 464 g/mol. The maximum atomic E-state index is 4.96. The number of rotatable bonds is 7. The zero-order valence-corrected chi connectivity index (χ0v) is 21.1. The molecule has 1 aliphatic heterocycles. The molecule has 0 aromatic carbocycles. The SMILES string of the molecule is C=C(CCC)Nc1cncc(-c2ccc3[nH]nc(-c4nc5c(N6CCN(C)CC6)cncc5[nH]4)c3n2)c1. The lowest BCUT2D eigenvalue weighted by atomic mass is 10.1. The molecule has 6 heterocycles. The Morgan fingerprint density at radius 2 is 1.84 bits per heavy atom. The fourth-order valence-corrected chi connectivity index (χ4v) is 4.75. The molecule has 1 fully saturated rings. The second kappa shape index (κ2) is 9.62. The van der Waals surface area contributed by atoms with Gasteiger partial charge in [-0.05, 0) is 31.7 Å². The first kappa shape index (κ1) is 23.1. The van der Waals surface area contributed by atoms with Crippen LogP contribution >= 0.6 is 0 Å². The molecule has 3 N–H and O–H groups in total. The molecule has 0 unspecified atom stereocenters. The maximum absolute atomic E-state index is 4.96. The van der Waals surface area contributed by atoms with Crippen LogP contribution in [0.2, 0.25) is 0 Å². The van der Waals surface area contributed by atoms with Crippen LogP contribution in [0.4, 0.5) is 11.4 Å². The van der Waals surface area contributed by atoms with E-state index in [1.807, 2.05) is 36.8 Å². The average Bonchev–Trinajstić information content (AvgIpc) is 3.53. The molecule has 0 bridgehead atoms. The van der Waals surface area contributed by atoms with E-state index in [1.165, 1.54) is 0 Å². The summed E-state index contributed by atoms with van der Waals surface area (Å²) in [6.45, 7) is 10.2. The normalized spacial score (nSPS) is 14.5. The summed E-state index contributed by atoms with van der Waals surface area (Å²) in [5, 5.41) is 11.0. The molecule has 5 aromatic heterocycles. The van der Waals surface area contributed by atoms with Crippen molar-refractivity contribution in [2.75, 3.05) is 43.4 Å². The van der Waals surface area contributed by atoms with Crippen molar-refractivity contribution < 1.29 is 0 Å². The molecule has 0 atom stereocenters. The van der Waals surface area contributed by atoms with E-state index in [4.69, 9.17) is 9.97 Å². The van der Waals surface area contributed by atoms with E-state index in [9.17, 15) is 0 Å². The number of H-pyrrole nitrogens is 2. The summed E-state index contributed by atoms with van der Waals surface area (Å²) in [4.78, 5) is 26.9. The summed E-state index contributed by atoms with van der Waals surface area (Å²) in [7, 11) is 2.15. The summed E-state index contributed by atoms with van der Waals surface area (Å²) in [6, 6.07) is 6.00. The Balaban J connectivity index is 1.35. The monoisotopic (exact) mass is 494 g/mol. The number of nitrogens with one attached hydrogen (secondary N) is 3. The van der Waals surface area contributed by atoms with E-state index in [0.29, 0.717) is 11.5 Å². The number of anilines is 2. The standard InChI is InChI=1S/C27H30N10/c1-4-5-17(2)30-19-12-18(13-28-14-19)20-6-7-21-25(31-20)26(35-34-21)27-32-22-15-29-16-23(24(22)33-27)37-10-8-36(3)9-11-37/h6-7,12-16,30H,2,4-5,8-11H2,1,3H3,(H,32,33)(H,34,35). The van der Waals surface area contributed by atoms with Gasteiger partial charge in [-0.1, -0.05) is 19.9 Å². The molecule has 1 aliphatic rings. The van der Waals surface area contributed by atoms with E-state index in [-0.39, 0.29) is 0 Å². The largest absolute Gasteiger partial charge is 0.366 e. The number of fused-ring (bicyclic) bond motifs is 2. The Kier molecular flexibility index (Phi) is 6.01. The highest BCUT2D eigenvalue weighted by atomic mass is 15.3. The Labute approximate surface area is 214 Å². The zero-order chi connectivity index (χ0) is 25.4. The number of likely N-dealkylation sites (N-methyl/N-ethyl adjacent to an activating group) is 1. The molecule has 5 aromatic rings. The van der Waals surface area contributed by atoms with E-state index in [1.54, 1.807) is 6.20 Å². The van der Waals surface area contributed by atoms with Crippen LogP contribution in [0.3, 0.4) is 0 Å². The van der Waals surface area contributed by atoms with Gasteiger partial charge in [0.15, 0.2) is 11.5 Å². The summed E-state index contributed by atoms with van der Waals surface area (Å²) >= 11 is 0. The quantitative estimate of drug-likeness (QED) is 0.304. The van der Waals surface area contributed by atoms with Crippen LogP contribution in [0.15, 0.2) is 55.3 Å². The van der Waals surface area contributed by atoms with Gasteiger partial charge in [0.05, 0.1) is 46.7 Å². The minimum absolute atomic E-state index is 0.665. The number of aromatic nitrogens is 7. The first-order valence-corrected chi connectivity index (χ1v) is 12.6. The highest BCUT2D eigenvalue weighted by molar-refractivity contribution is 5.94. The summed E-state index contributed by atoms with van der Waals surface area (Å²) in [6.07, 6.45) is 9.28.